The number of nitrogens with zero attached hydrogens (tertiary/aromatic N) is 1. The molecular formula is C21H36N2O. The molecule has 3 nitrogen and oxygen atoms in total. The zero-order valence-corrected chi connectivity index (χ0v) is 15.9. The van der Waals surface area contributed by atoms with Crippen molar-refractivity contribution in [2.24, 2.45) is 0 Å². The van der Waals surface area contributed by atoms with Gasteiger partial charge in [0.25, 0.3) is 0 Å². The topological polar surface area (TPSA) is 32.3 Å². The number of unbranched alkanes of at least 4 members (excludes halogenated alkanes) is 6. The third-order valence-corrected chi connectivity index (χ3v) is 4.38. The molecule has 0 aliphatic carbocycles. The van der Waals surface area contributed by atoms with Crippen LogP contribution in [0.5, 0.6) is 0 Å². The highest BCUT2D eigenvalue weighted by atomic mass is 16.1. The molecule has 0 aliphatic heterocycles. The van der Waals surface area contributed by atoms with Crippen molar-refractivity contribution >= 4 is 17.3 Å². The standard InChI is InChI=1S/C21H36N2O/c1-4-7-9-11-16-23(17-12-10-8-5-2)20-15-13-14-19(18-20)22-21(24)6-3/h13-15,18H,4-12,16-17H2,1-3H3,(H,22,24). The molecule has 1 aromatic rings. The largest absolute Gasteiger partial charge is 0.371 e. The van der Waals surface area contributed by atoms with Gasteiger partial charge in [0.2, 0.25) is 5.91 Å². The highest BCUT2D eigenvalue weighted by molar-refractivity contribution is 5.90. The first-order valence-corrected chi connectivity index (χ1v) is 9.86. The van der Waals surface area contributed by atoms with E-state index < -0.39 is 0 Å². The summed E-state index contributed by atoms with van der Waals surface area (Å²) in [5.41, 5.74) is 2.14. The van der Waals surface area contributed by atoms with Crippen molar-refractivity contribution < 1.29 is 4.79 Å². The molecule has 0 atom stereocenters. The number of anilines is 2. The van der Waals surface area contributed by atoms with Gasteiger partial charge in [-0.3, -0.25) is 4.79 Å². The first-order chi connectivity index (χ1) is 11.7. The normalized spacial score (nSPS) is 10.6. The molecular weight excluding hydrogens is 296 g/mol. The number of hydrogen-bond donors (Lipinski definition) is 1. The molecule has 0 aromatic heterocycles. The molecule has 136 valence electrons. The second-order valence-corrected chi connectivity index (χ2v) is 6.56. The maximum Gasteiger partial charge on any atom is 0.224 e. The van der Waals surface area contributed by atoms with E-state index in [9.17, 15) is 4.79 Å². The lowest BCUT2D eigenvalue weighted by molar-refractivity contribution is -0.115. The van der Waals surface area contributed by atoms with Crippen molar-refractivity contribution in [1.82, 2.24) is 0 Å². The summed E-state index contributed by atoms with van der Waals surface area (Å²) in [5.74, 6) is 0.0737. The van der Waals surface area contributed by atoms with E-state index in [-0.39, 0.29) is 5.91 Å². The number of carbonyl (C=O) groups excluding carboxylic acids is 1. The lowest BCUT2D eigenvalue weighted by atomic mass is 10.1. The molecule has 0 bridgehead atoms. The van der Waals surface area contributed by atoms with Gasteiger partial charge in [-0.2, -0.15) is 0 Å². The molecule has 0 saturated carbocycles. The Bertz CT molecular complexity index is 447. The Morgan fingerprint density at radius 2 is 1.54 bits per heavy atom. The van der Waals surface area contributed by atoms with Crippen molar-refractivity contribution in [3.05, 3.63) is 24.3 Å². The van der Waals surface area contributed by atoms with Crippen molar-refractivity contribution in [2.45, 2.75) is 78.6 Å². The van der Waals surface area contributed by atoms with Gasteiger partial charge in [-0.15, -0.1) is 0 Å². The van der Waals surface area contributed by atoms with Crippen molar-refractivity contribution in [3.63, 3.8) is 0 Å². The lowest BCUT2D eigenvalue weighted by Crippen LogP contribution is -2.26. The third-order valence-electron chi connectivity index (χ3n) is 4.38. The van der Waals surface area contributed by atoms with Crippen LogP contribution in [0.4, 0.5) is 11.4 Å². The smallest absolute Gasteiger partial charge is 0.224 e. The molecule has 0 radical (unpaired) electrons. The summed E-state index contributed by atoms with van der Waals surface area (Å²) in [7, 11) is 0. The van der Waals surface area contributed by atoms with Gasteiger partial charge in [0, 0.05) is 30.9 Å². The molecule has 0 saturated heterocycles. The van der Waals surface area contributed by atoms with Crippen LogP contribution in [0.2, 0.25) is 0 Å². The number of carbonyl (C=O) groups is 1. The number of nitrogens with one attached hydrogen (secondary N) is 1. The Labute approximate surface area is 148 Å². The fourth-order valence-electron chi connectivity index (χ4n) is 2.86. The van der Waals surface area contributed by atoms with Gasteiger partial charge in [-0.1, -0.05) is 65.4 Å². The zero-order chi connectivity index (χ0) is 17.6. The monoisotopic (exact) mass is 332 g/mol. The predicted molar refractivity (Wildman–Crippen MR) is 106 cm³/mol. The van der Waals surface area contributed by atoms with Crippen LogP contribution in [-0.4, -0.2) is 19.0 Å². The third kappa shape index (κ3) is 8.37. The van der Waals surface area contributed by atoms with E-state index in [2.05, 4.69) is 36.2 Å². The summed E-state index contributed by atoms with van der Waals surface area (Å²) in [6.45, 7) is 8.60. The van der Waals surface area contributed by atoms with Crippen LogP contribution >= 0.6 is 0 Å². The van der Waals surface area contributed by atoms with E-state index in [1.165, 1.54) is 57.1 Å². The summed E-state index contributed by atoms with van der Waals surface area (Å²) in [6.07, 6.45) is 10.8. The van der Waals surface area contributed by atoms with Gasteiger partial charge in [-0.05, 0) is 31.0 Å². The molecule has 0 heterocycles. The maximum atomic E-state index is 11.6. The van der Waals surface area contributed by atoms with E-state index in [1.807, 2.05) is 19.1 Å². The van der Waals surface area contributed by atoms with Crippen molar-refractivity contribution in [2.75, 3.05) is 23.3 Å². The molecule has 0 spiro atoms. The highest BCUT2D eigenvalue weighted by Gasteiger charge is 2.08. The summed E-state index contributed by atoms with van der Waals surface area (Å²) in [4.78, 5) is 14.1. The number of amides is 1. The van der Waals surface area contributed by atoms with Gasteiger partial charge in [0.05, 0.1) is 0 Å². The van der Waals surface area contributed by atoms with Gasteiger partial charge >= 0.3 is 0 Å². The van der Waals surface area contributed by atoms with Gasteiger partial charge < -0.3 is 10.2 Å². The van der Waals surface area contributed by atoms with E-state index >= 15 is 0 Å². The number of benzene rings is 1. The summed E-state index contributed by atoms with van der Waals surface area (Å²) in [5, 5.41) is 2.97. The van der Waals surface area contributed by atoms with Crippen LogP contribution < -0.4 is 10.2 Å². The number of rotatable bonds is 13. The first kappa shape index (κ1) is 20.5. The molecule has 1 amide bonds. The average Bonchev–Trinajstić information content (AvgIpc) is 2.60. The maximum absolute atomic E-state index is 11.6. The highest BCUT2D eigenvalue weighted by Crippen LogP contribution is 2.21. The van der Waals surface area contributed by atoms with E-state index in [0.29, 0.717) is 6.42 Å². The molecule has 0 aliphatic rings. The second kappa shape index (κ2) is 12.9. The fraction of sp³-hybridized carbons (Fsp3) is 0.667. The molecule has 0 fully saturated rings. The minimum atomic E-state index is 0.0737. The zero-order valence-electron chi connectivity index (χ0n) is 15.9. The molecule has 3 heteroatoms. The SMILES string of the molecule is CCCCCCN(CCCCCC)c1cccc(NC(=O)CC)c1. The van der Waals surface area contributed by atoms with Crippen LogP contribution in [0, 0.1) is 0 Å². The predicted octanol–water partition coefficient (Wildman–Crippen LogP) is 6.00. The molecule has 1 rings (SSSR count). The van der Waals surface area contributed by atoms with Gasteiger partial charge in [0.1, 0.15) is 0 Å². The van der Waals surface area contributed by atoms with Crippen molar-refractivity contribution in [3.8, 4) is 0 Å². The summed E-state index contributed by atoms with van der Waals surface area (Å²) < 4.78 is 0. The van der Waals surface area contributed by atoms with Crippen molar-refractivity contribution in [1.29, 1.82) is 0 Å². The summed E-state index contributed by atoms with van der Waals surface area (Å²) >= 11 is 0. The Balaban J connectivity index is 2.68. The molecule has 1 N–H and O–H groups in total. The Morgan fingerprint density at radius 3 is 2.08 bits per heavy atom. The Hall–Kier alpha value is -1.51. The fourth-order valence-corrected chi connectivity index (χ4v) is 2.86. The quantitative estimate of drug-likeness (QED) is 0.449. The first-order valence-electron chi connectivity index (χ1n) is 9.86. The van der Waals surface area contributed by atoms with E-state index in [1.54, 1.807) is 0 Å². The van der Waals surface area contributed by atoms with Crippen LogP contribution in [0.1, 0.15) is 78.6 Å². The minimum Gasteiger partial charge on any atom is -0.371 e. The molecule has 24 heavy (non-hydrogen) atoms. The summed E-state index contributed by atoms with van der Waals surface area (Å²) in [6, 6.07) is 8.31. The number of hydrogen-bond acceptors (Lipinski definition) is 2. The Kier molecular flexibility index (Phi) is 11.0. The Morgan fingerprint density at radius 1 is 0.917 bits per heavy atom. The lowest BCUT2D eigenvalue weighted by Gasteiger charge is -2.25. The second-order valence-electron chi connectivity index (χ2n) is 6.56. The van der Waals surface area contributed by atoms with Crippen LogP contribution in [0.15, 0.2) is 24.3 Å². The van der Waals surface area contributed by atoms with Crippen LogP contribution in [0.25, 0.3) is 0 Å². The van der Waals surface area contributed by atoms with E-state index in [4.69, 9.17) is 0 Å². The minimum absolute atomic E-state index is 0.0737. The van der Waals surface area contributed by atoms with Crippen LogP contribution in [-0.2, 0) is 4.79 Å². The molecule has 0 unspecified atom stereocenters. The van der Waals surface area contributed by atoms with Crippen LogP contribution in [0.3, 0.4) is 0 Å². The van der Waals surface area contributed by atoms with Gasteiger partial charge in [-0.25, -0.2) is 0 Å². The average molecular weight is 333 g/mol. The van der Waals surface area contributed by atoms with Gasteiger partial charge in [0.15, 0.2) is 0 Å². The molecule has 1 aromatic carbocycles. The van der Waals surface area contributed by atoms with E-state index in [0.717, 1.165) is 18.8 Å².